The molecule has 0 spiro atoms. The van der Waals surface area contributed by atoms with Gasteiger partial charge in [-0.1, -0.05) is 13.3 Å². The molecule has 0 aliphatic heterocycles. The van der Waals surface area contributed by atoms with Gasteiger partial charge in [-0.2, -0.15) is 0 Å². The van der Waals surface area contributed by atoms with Crippen molar-refractivity contribution in [2.24, 2.45) is 0 Å². The topological polar surface area (TPSA) is 40.1 Å². The van der Waals surface area contributed by atoms with Gasteiger partial charge in [0.15, 0.2) is 0 Å². The Morgan fingerprint density at radius 2 is 2.12 bits per heavy atom. The zero-order valence-electron chi connectivity index (χ0n) is 5.44. The maximum Gasteiger partial charge on any atom is 1.00 e. The smallest absolute Gasteiger partial charge is 0.550 e. The molecule has 0 aromatic carbocycles. The molecule has 42 valence electrons. The Morgan fingerprint density at radius 1 is 1.62 bits per heavy atom. The average molecular weight is 324 g/mol. The van der Waals surface area contributed by atoms with Crippen molar-refractivity contribution in [1.82, 2.24) is 0 Å². The molecule has 0 N–H and O–H groups in total. The van der Waals surface area contributed by atoms with Gasteiger partial charge in [0, 0.05) is 5.97 Å². The number of aliphatic carboxylic acids is 1. The minimum Gasteiger partial charge on any atom is -0.550 e. The second-order valence-electron chi connectivity index (χ2n) is 1.48. The fourth-order valence-electron chi connectivity index (χ4n) is 0.321. The van der Waals surface area contributed by atoms with Crippen LogP contribution in [-0.4, -0.2) is 5.97 Å². The summed E-state index contributed by atoms with van der Waals surface area (Å²) in [5, 5.41) is 9.65. The summed E-state index contributed by atoms with van der Waals surface area (Å²) in [6, 6.07) is 0. The zero-order valence-corrected chi connectivity index (χ0v) is 13.7. The van der Waals surface area contributed by atoms with Crippen molar-refractivity contribution in [3.63, 3.8) is 0 Å². The number of rotatable bonds is 3. The van der Waals surface area contributed by atoms with E-state index in [0.717, 1.165) is 12.8 Å². The average Bonchev–Trinajstić information content (AvgIpc) is 1.61. The first-order valence-corrected chi connectivity index (χ1v) is 2.47. The van der Waals surface area contributed by atoms with E-state index in [0.29, 0.717) is 0 Å². The Balaban J connectivity index is 0. The van der Waals surface area contributed by atoms with Crippen LogP contribution in [0.1, 0.15) is 26.2 Å². The molecule has 0 aliphatic rings. The number of carbonyl (C=O) groups is 1. The van der Waals surface area contributed by atoms with E-state index in [2.05, 4.69) is 0 Å². The minimum atomic E-state index is -0.943. The Labute approximate surface area is 90.7 Å². The fourth-order valence-corrected chi connectivity index (χ4v) is 0.321. The molecule has 0 aromatic heterocycles. The second kappa shape index (κ2) is 8.07. The summed E-state index contributed by atoms with van der Waals surface area (Å²) in [7, 11) is 0. The number of unbranched alkanes of at least 4 members (excludes halogenated alkanes) is 1. The molecule has 0 aliphatic carbocycles. The summed E-state index contributed by atoms with van der Waals surface area (Å²) in [6.07, 6.45) is 1.87. The molecule has 0 heterocycles. The van der Waals surface area contributed by atoms with Crippen molar-refractivity contribution in [1.29, 1.82) is 0 Å². The monoisotopic (exact) mass is 324 g/mol. The maximum atomic E-state index is 9.65. The van der Waals surface area contributed by atoms with Gasteiger partial charge in [-0.3, -0.25) is 0 Å². The van der Waals surface area contributed by atoms with E-state index in [4.69, 9.17) is 0 Å². The summed E-state index contributed by atoms with van der Waals surface area (Å²) in [4.78, 5) is 9.65. The van der Waals surface area contributed by atoms with Crippen LogP contribution in [0.15, 0.2) is 0 Å². The predicted molar refractivity (Wildman–Crippen MR) is 24.5 cm³/mol. The van der Waals surface area contributed by atoms with Crippen molar-refractivity contribution >= 4 is 5.97 Å². The van der Waals surface area contributed by atoms with Crippen LogP contribution in [0.3, 0.4) is 0 Å². The van der Waals surface area contributed by atoms with E-state index in [-0.39, 0.29) is 56.3 Å². The number of carbonyl (C=O) groups excluding carboxylic acids is 1. The quantitative estimate of drug-likeness (QED) is 0.729. The Hall–Kier alpha value is 1.07. The maximum absolute atomic E-state index is 9.65. The van der Waals surface area contributed by atoms with Crippen molar-refractivity contribution in [2.75, 3.05) is 0 Å². The molecule has 0 aromatic rings. The Kier molecular flexibility index (Phi) is 11.9. The third-order valence-corrected chi connectivity index (χ3v) is 0.734. The largest absolute Gasteiger partial charge is 1.00 e. The van der Waals surface area contributed by atoms with Gasteiger partial charge < -0.3 is 9.90 Å². The van der Waals surface area contributed by atoms with Crippen molar-refractivity contribution in [3.05, 3.63) is 0 Å². The molecule has 0 saturated carbocycles. The first kappa shape index (κ1) is 11.8. The summed E-state index contributed by atoms with van der Waals surface area (Å²) in [5.74, 6) is -0.943. The third-order valence-electron chi connectivity index (χ3n) is 0.734. The molecule has 0 radical (unpaired) electrons. The van der Waals surface area contributed by atoms with Crippen LogP contribution in [0.5, 0.6) is 0 Å². The van der Waals surface area contributed by atoms with Gasteiger partial charge in [-0.05, 0) is 12.8 Å². The minimum absolute atomic E-state index is 0. The SMILES string of the molecule is CCCCC(=O)[O-].[Fr+]. The number of hydrogen-bond donors (Lipinski definition) is 0. The number of hydrogen-bond acceptors (Lipinski definition) is 2. The van der Waals surface area contributed by atoms with E-state index >= 15 is 0 Å². The van der Waals surface area contributed by atoms with Crippen LogP contribution in [-0.2, 0) is 4.79 Å². The summed E-state index contributed by atoms with van der Waals surface area (Å²) in [5.41, 5.74) is 0. The van der Waals surface area contributed by atoms with Gasteiger partial charge in [0.1, 0.15) is 0 Å². The Morgan fingerprint density at radius 3 is 2.25 bits per heavy atom. The molecule has 0 rings (SSSR count). The molecule has 2 nitrogen and oxygen atoms in total. The van der Waals surface area contributed by atoms with Crippen LogP contribution in [0.25, 0.3) is 0 Å². The number of carboxylic acids is 1. The van der Waals surface area contributed by atoms with Gasteiger partial charge in [0.25, 0.3) is 0 Å². The van der Waals surface area contributed by atoms with Crippen LogP contribution >= 0.6 is 0 Å². The first-order chi connectivity index (χ1) is 3.27. The van der Waals surface area contributed by atoms with Crippen LogP contribution in [0.4, 0.5) is 0 Å². The number of carboxylic acid groups (broad SMARTS) is 1. The summed E-state index contributed by atoms with van der Waals surface area (Å²) in [6.45, 7) is 1.95. The Bertz CT molecular complexity index is 63.4. The van der Waals surface area contributed by atoms with Crippen molar-refractivity contribution in [2.45, 2.75) is 26.2 Å². The molecule has 8 heavy (non-hydrogen) atoms. The zero-order chi connectivity index (χ0) is 5.70. The molecular formula is C5H9FrO2. The van der Waals surface area contributed by atoms with E-state index in [1.54, 1.807) is 0 Å². The van der Waals surface area contributed by atoms with E-state index in [1.807, 2.05) is 6.92 Å². The van der Waals surface area contributed by atoms with Crippen molar-refractivity contribution in [3.8, 4) is 0 Å². The van der Waals surface area contributed by atoms with Gasteiger partial charge >= 0.3 is 49.9 Å². The van der Waals surface area contributed by atoms with Gasteiger partial charge in [-0.15, -0.1) is 0 Å². The first-order valence-electron chi connectivity index (χ1n) is 2.47. The van der Waals surface area contributed by atoms with Gasteiger partial charge in [0.2, 0.25) is 0 Å². The van der Waals surface area contributed by atoms with Gasteiger partial charge in [0.05, 0.1) is 0 Å². The molecule has 0 bridgehead atoms. The fraction of sp³-hybridized carbons (Fsp3) is 0.800. The van der Waals surface area contributed by atoms with E-state index < -0.39 is 5.97 Å². The molecule has 0 atom stereocenters. The molecule has 0 unspecified atom stereocenters. The normalized spacial score (nSPS) is 7.62. The molecule has 0 saturated heterocycles. The second-order valence-corrected chi connectivity index (χ2v) is 1.48. The molecule has 0 fully saturated rings. The van der Waals surface area contributed by atoms with Crippen LogP contribution in [0, 0.1) is 49.9 Å². The van der Waals surface area contributed by atoms with Crippen molar-refractivity contribution < 1.29 is 59.8 Å². The summed E-state index contributed by atoms with van der Waals surface area (Å²) < 4.78 is 0. The van der Waals surface area contributed by atoms with E-state index in [9.17, 15) is 9.90 Å². The summed E-state index contributed by atoms with van der Waals surface area (Å²) >= 11 is 0. The molecule has 0 amide bonds. The van der Waals surface area contributed by atoms with Gasteiger partial charge in [-0.25, -0.2) is 0 Å². The van der Waals surface area contributed by atoms with E-state index in [1.165, 1.54) is 0 Å². The third kappa shape index (κ3) is 10.1. The molecular weight excluding hydrogens is 315 g/mol. The predicted octanol–water partition coefficient (Wildman–Crippen LogP) is -0.0735. The molecule has 3 heteroatoms. The standard InChI is InChI=1S/C5H10O2.Fr/c1-2-3-4-5(6)7;/h2-4H2,1H3,(H,6,7);/q;+1/p-1. The van der Waals surface area contributed by atoms with Crippen LogP contribution in [0.2, 0.25) is 0 Å². The van der Waals surface area contributed by atoms with Crippen LogP contribution < -0.4 is 5.11 Å².